The van der Waals surface area contributed by atoms with Crippen molar-refractivity contribution in [2.24, 2.45) is 0 Å². The Kier molecular flexibility index (Phi) is 2.85. The molecule has 0 heterocycles. The molecule has 0 saturated heterocycles. The highest BCUT2D eigenvalue weighted by Crippen LogP contribution is 2.19. The number of hydrogen-bond donors (Lipinski definition) is 1. The summed E-state index contributed by atoms with van der Waals surface area (Å²) >= 11 is 0. The first kappa shape index (κ1) is 9.67. The van der Waals surface area contributed by atoms with E-state index in [-0.39, 0.29) is 5.78 Å². The molecule has 1 aliphatic carbocycles. The van der Waals surface area contributed by atoms with Crippen molar-refractivity contribution in [3.63, 3.8) is 0 Å². The van der Waals surface area contributed by atoms with Crippen molar-refractivity contribution in [3.8, 4) is 0 Å². The van der Waals surface area contributed by atoms with E-state index in [4.69, 9.17) is 0 Å². The van der Waals surface area contributed by atoms with E-state index >= 15 is 0 Å². The van der Waals surface area contributed by atoms with Crippen LogP contribution >= 0.6 is 0 Å². The smallest absolute Gasteiger partial charge is 0.221 e. The van der Waals surface area contributed by atoms with Gasteiger partial charge in [0.2, 0.25) is 10.0 Å². The topological polar surface area (TPSA) is 63.2 Å². The highest BCUT2D eigenvalue weighted by atomic mass is 32.2. The molecule has 0 aromatic heterocycles. The number of Topliss-reactive ketones (excluding diaryl/α,β-unsaturated/α-hetero) is 1. The normalized spacial score (nSPS) is 25.8. The van der Waals surface area contributed by atoms with Crippen LogP contribution < -0.4 is 4.72 Å². The second-order valence-corrected chi connectivity index (χ2v) is 5.02. The summed E-state index contributed by atoms with van der Waals surface area (Å²) in [6.45, 7) is 0. The Bertz CT molecular complexity index is 270. The Morgan fingerprint density at radius 1 is 1.42 bits per heavy atom. The summed E-state index contributed by atoms with van der Waals surface area (Å²) in [4.78, 5) is 11.2. The lowest BCUT2D eigenvalue weighted by Gasteiger charge is -2.19. The zero-order valence-corrected chi connectivity index (χ0v) is 7.86. The lowest BCUT2D eigenvalue weighted by molar-refractivity contribution is -0.119. The van der Waals surface area contributed by atoms with Crippen molar-refractivity contribution < 1.29 is 13.2 Å². The second-order valence-electron chi connectivity index (χ2n) is 2.95. The minimum absolute atomic E-state index is 0.143. The average molecular weight is 191 g/mol. The maximum Gasteiger partial charge on any atom is 0.221 e. The lowest BCUT2D eigenvalue weighted by Crippen LogP contribution is -2.39. The second kappa shape index (κ2) is 3.53. The number of hydrogen-bond acceptors (Lipinski definition) is 3. The third-order valence-corrected chi connectivity index (χ3v) is 3.97. The lowest BCUT2D eigenvalue weighted by atomic mass is 9.99. The number of sulfonamides is 1. The van der Waals surface area contributed by atoms with Crippen LogP contribution in [0.3, 0.4) is 0 Å². The maximum absolute atomic E-state index is 11.2. The van der Waals surface area contributed by atoms with Gasteiger partial charge in [0.1, 0.15) is 5.25 Å². The molecule has 1 N–H and O–H groups in total. The van der Waals surface area contributed by atoms with Crippen molar-refractivity contribution in [1.82, 2.24) is 4.72 Å². The molecular weight excluding hydrogens is 178 g/mol. The van der Waals surface area contributed by atoms with Crippen LogP contribution in [-0.2, 0) is 14.8 Å². The number of ketones is 1. The molecule has 12 heavy (non-hydrogen) atoms. The fraction of sp³-hybridized carbons (Fsp3) is 0.857. The maximum atomic E-state index is 11.2. The van der Waals surface area contributed by atoms with Crippen molar-refractivity contribution in [3.05, 3.63) is 0 Å². The SMILES string of the molecule is CNS(=O)(=O)C1CCCCC1=O. The van der Waals surface area contributed by atoms with Crippen molar-refractivity contribution in [2.75, 3.05) is 7.05 Å². The summed E-state index contributed by atoms with van der Waals surface area (Å²) in [5.74, 6) is -0.143. The Labute approximate surface area is 72.4 Å². The summed E-state index contributed by atoms with van der Waals surface area (Å²) in [7, 11) is -2.03. The predicted molar refractivity (Wildman–Crippen MR) is 45.2 cm³/mol. The number of rotatable bonds is 2. The molecule has 0 spiro atoms. The molecule has 70 valence electrons. The van der Waals surface area contributed by atoms with Gasteiger partial charge in [0.25, 0.3) is 0 Å². The molecule has 1 rings (SSSR count). The van der Waals surface area contributed by atoms with E-state index in [0.717, 1.165) is 12.8 Å². The van der Waals surface area contributed by atoms with E-state index in [0.29, 0.717) is 12.8 Å². The monoisotopic (exact) mass is 191 g/mol. The quantitative estimate of drug-likeness (QED) is 0.670. The van der Waals surface area contributed by atoms with Crippen LogP contribution in [0, 0.1) is 0 Å². The number of nitrogens with one attached hydrogen (secondary N) is 1. The molecule has 5 heteroatoms. The first-order chi connectivity index (χ1) is 5.58. The number of carbonyl (C=O) groups excluding carboxylic acids is 1. The first-order valence-corrected chi connectivity index (χ1v) is 5.57. The fourth-order valence-corrected chi connectivity index (χ4v) is 2.65. The number of carbonyl (C=O) groups is 1. The highest BCUT2D eigenvalue weighted by molar-refractivity contribution is 7.90. The molecular formula is C7H13NO3S. The van der Waals surface area contributed by atoms with E-state index in [1.165, 1.54) is 7.05 Å². The van der Waals surface area contributed by atoms with Gasteiger partial charge < -0.3 is 0 Å². The standard InChI is InChI=1S/C7H13NO3S/c1-8-12(10,11)7-5-3-2-4-6(7)9/h7-8H,2-5H2,1H3. The van der Waals surface area contributed by atoms with Crippen molar-refractivity contribution in [1.29, 1.82) is 0 Å². The molecule has 1 saturated carbocycles. The van der Waals surface area contributed by atoms with Crippen LogP contribution in [-0.4, -0.2) is 26.5 Å². The minimum Gasteiger partial charge on any atom is -0.298 e. The molecule has 1 atom stereocenters. The summed E-state index contributed by atoms with van der Waals surface area (Å²) in [6, 6.07) is 0. The van der Waals surface area contributed by atoms with E-state index in [9.17, 15) is 13.2 Å². The first-order valence-electron chi connectivity index (χ1n) is 4.03. The van der Waals surface area contributed by atoms with E-state index in [1.807, 2.05) is 0 Å². The molecule has 0 aliphatic heterocycles. The van der Waals surface area contributed by atoms with Gasteiger partial charge in [-0.1, -0.05) is 6.42 Å². The van der Waals surface area contributed by atoms with Crippen molar-refractivity contribution >= 4 is 15.8 Å². The zero-order valence-electron chi connectivity index (χ0n) is 7.04. The largest absolute Gasteiger partial charge is 0.298 e. The van der Waals surface area contributed by atoms with Gasteiger partial charge in [-0.3, -0.25) is 4.79 Å². The predicted octanol–water partition coefficient (Wildman–Crippen LogP) is 0.0473. The molecule has 1 aliphatic rings. The van der Waals surface area contributed by atoms with Crippen LogP contribution in [0.1, 0.15) is 25.7 Å². The van der Waals surface area contributed by atoms with Gasteiger partial charge in [0.15, 0.2) is 5.78 Å². The Hall–Kier alpha value is -0.420. The van der Waals surface area contributed by atoms with E-state index < -0.39 is 15.3 Å². The molecule has 0 aromatic rings. The van der Waals surface area contributed by atoms with Gasteiger partial charge in [-0.25, -0.2) is 13.1 Å². The van der Waals surface area contributed by atoms with Crippen LogP contribution in [0.2, 0.25) is 0 Å². The van der Waals surface area contributed by atoms with Crippen molar-refractivity contribution in [2.45, 2.75) is 30.9 Å². The average Bonchev–Trinajstić information content (AvgIpc) is 2.05. The van der Waals surface area contributed by atoms with Crippen LogP contribution in [0.25, 0.3) is 0 Å². The van der Waals surface area contributed by atoms with Gasteiger partial charge in [-0.05, 0) is 19.9 Å². The molecule has 0 aromatic carbocycles. The van der Waals surface area contributed by atoms with Gasteiger partial charge in [0, 0.05) is 6.42 Å². The third-order valence-electron chi connectivity index (χ3n) is 2.16. The molecule has 0 bridgehead atoms. The Morgan fingerprint density at radius 3 is 2.58 bits per heavy atom. The van der Waals surface area contributed by atoms with Crippen LogP contribution in [0.5, 0.6) is 0 Å². The van der Waals surface area contributed by atoms with E-state index in [2.05, 4.69) is 4.72 Å². The summed E-state index contributed by atoms with van der Waals surface area (Å²) in [5.41, 5.74) is 0. The summed E-state index contributed by atoms with van der Waals surface area (Å²) in [6.07, 6.45) is 2.54. The third kappa shape index (κ3) is 1.84. The van der Waals surface area contributed by atoms with Gasteiger partial charge in [0.05, 0.1) is 0 Å². The molecule has 1 fully saturated rings. The van der Waals surface area contributed by atoms with E-state index in [1.54, 1.807) is 0 Å². The highest BCUT2D eigenvalue weighted by Gasteiger charge is 2.32. The Morgan fingerprint density at radius 2 is 2.08 bits per heavy atom. The van der Waals surface area contributed by atoms with Crippen LogP contribution in [0.15, 0.2) is 0 Å². The molecule has 4 nitrogen and oxygen atoms in total. The summed E-state index contributed by atoms with van der Waals surface area (Å²) in [5, 5.41) is -0.795. The summed E-state index contributed by atoms with van der Waals surface area (Å²) < 4.78 is 24.7. The molecule has 1 unspecified atom stereocenters. The Balaban J connectivity index is 2.80. The molecule has 0 amide bonds. The van der Waals surface area contributed by atoms with Gasteiger partial charge >= 0.3 is 0 Å². The van der Waals surface area contributed by atoms with Gasteiger partial charge in [-0.2, -0.15) is 0 Å². The van der Waals surface area contributed by atoms with Crippen LogP contribution in [0.4, 0.5) is 0 Å². The zero-order chi connectivity index (χ0) is 9.19. The fourth-order valence-electron chi connectivity index (χ4n) is 1.42. The minimum atomic E-state index is -3.37. The van der Waals surface area contributed by atoms with Gasteiger partial charge in [-0.15, -0.1) is 0 Å². The molecule has 0 radical (unpaired) electrons.